The van der Waals surface area contributed by atoms with E-state index in [2.05, 4.69) is 6.92 Å². The van der Waals surface area contributed by atoms with Crippen LogP contribution in [-0.4, -0.2) is 5.97 Å². The van der Waals surface area contributed by atoms with Crippen LogP contribution in [0.2, 0.25) is 0 Å². The van der Waals surface area contributed by atoms with Crippen molar-refractivity contribution in [1.82, 2.24) is 0 Å². The molecule has 0 saturated heterocycles. The Bertz CT molecular complexity index is 128. The van der Waals surface area contributed by atoms with Crippen molar-refractivity contribution in [2.45, 2.75) is 46.5 Å². The molecule has 0 bridgehead atoms. The van der Waals surface area contributed by atoms with Crippen LogP contribution in [0.3, 0.4) is 0 Å². The van der Waals surface area contributed by atoms with Gasteiger partial charge in [-0.2, -0.15) is 0 Å². The summed E-state index contributed by atoms with van der Waals surface area (Å²) in [6, 6.07) is 0. The van der Waals surface area contributed by atoms with E-state index < -0.39 is 5.97 Å². The van der Waals surface area contributed by atoms with Crippen LogP contribution in [0.25, 0.3) is 0 Å². The molecule has 0 atom stereocenters. The highest BCUT2D eigenvalue weighted by molar-refractivity contribution is 5.67. The third-order valence-corrected chi connectivity index (χ3v) is 1.83. The zero-order chi connectivity index (χ0) is 8.91. The maximum absolute atomic E-state index is 10.3. The summed E-state index contributed by atoms with van der Waals surface area (Å²) in [7, 11) is 0. The molecule has 11 heavy (non-hydrogen) atoms. The Kier molecular flexibility index (Phi) is 4.16. The quantitative estimate of drug-likeness (QED) is 0.604. The highest BCUT2D eigenvalue weighted by Crippen LogP contribution is 2.27. The van der Waals surface area contributed by atoms with Gasteiger partial charge in [0.1, 0.15) is 0 Å². The first-order chi connectivity index (χ1) is 4.98. The molecule has 0 aromatic carbocycles. The molecule has 0 aromatic rings. The number of rotatable bonds is 5. The first kappa shape index (κ1) is 10.5. The van der Waals surface area contributed by atoms with Gasteiger partial charge in [-0.3, -0.25) is 0 Å². The van der Waals surface area contributed by atoms with Crippen molar-refractivity contribution in [3.05, 3.63) is 0 Å². The van der Waals surface area contributed by atoms with E-state index >= 15 is 0 Å². The molecule has 2 heteroatoms. The summed E-state index contributed by atoms with van der Waals surface area (Å²) < 4.78 is 0. The van der Waals surface area contributed by atoms with Crippen LogP contribution in [-0.2, 0) is 9.90 Å². The molecule has 0 aliphatic carbocycles. The third-order valence-electron chi connectivity index (χ3n) is 1.83. The summed E-state index contributed by atoms with van der Waals surface area (Å²) in [5.74, 6) is -0.939. The van der Waals surface area contributed by atoms with E-state index in [1.54, 1.807) is 0 Å². The predicted octanol–water partition coefficient (Wildman–Crippen LogP) is 2.55. The second-order valence-electron chi connectivity index (χ2n) is 3.82. The summed E-state index contributed by atoms with van der Waals surface area (Å²) in [5.41, 5.74) is -0.0884. The summed E-state index contributed by atoms with van der Waals surface area (Å²) in [6.45, 7) is 6.05. The fraction of sp³-hybridized carbons (Fsp3) is 0.889. The first-order valence-corrected chi connectivity index (χ1v) is 4.18. The van der Waals surface area contributed by atoms with Crippen molar-refractivity contribution in [3.63, 3.8) is 0 Å². The van der Waals surface area contributed by atoms with Gasteiger partial charge in [-0.05, 0) is 11.8 Å². The topological polar surface area (TPSA) is 37.0 Å². The lowest BCUT2D eigenvalue weighted by molar-refractivity contribution is -0.145. The number of carbonyl (C=O) groups is 1. The molecule has 0 aliphatic heterocycles. The number of unbranched alkanes of at least 4 members (excludes halogenated alkanes) is 1. The minimum absolute atomic E-state index is 0.0884. The molecule has 0 heterocycles. The maximum Gasteiger partial charge on any atom is 0.356 e. The molecule has 0 spiro atoms. The van der Waals surface area contributed by atoms with Crippen LogP contribution in [0.5, 0.6) is 0 Å². The van der Waals surface area contributed by atoms with Crippen LogP contribution in [0.1, 0.15) is 46.5 Å². The summed E-state index contributed by atoms with van der Waals surface area (Å²) in [5, 5.41) is 10.3. The summed E-state index contributed by atoms with van der Waals surface area (Å²) in [6.07, 6.45) is 3.36. The molecule has 1 radical (unpaired) electrons. The molecule has 0 saturated carbocycles. The van der Waals surface area contributed by atoms with Crippen molar-refractivity contribution in [3.8, 4) is 0 Å². The van der Waals surface area contributed by atoms with E-state index in [0.717, 1.165) is 19.3 Å². The highest BCUT2D eigenvalue weighted by atomic mass is 16.4. The Morgan fingerprint density at radius 2 is 1.91 bits per heavy atom. The lowest BCUT2D eigenvalue weighted by Crippen LogP contribution is -2.15. The van der Waals surface area contributed by atoms with E-state index in [0.29, 0.717) is 0 Å². The van der Waals surface area contributed by atoms with Crippen LogP contribution < -0.4 is 0 Å². The molecule has 2 nitrogen and oxygen atoms in total. The smallest absolute Gasteiger partial charge is 0.247 e. The lowest BCUT2D eigenvalue weighted by atomic mass is 9.84. The predicted molar refractivity (Wildman–Crippen MR) is 43.6 cm³/mol. The number of hydrogen-bond acceptors (Lipinski definition) is 1. The van der Waals surface area contributed by atoms with Gasteiger partial charge in [-0.15, -0.1) is 0 Å². The van der Waals surface area contributed by atoms with Crippen LogP contribution >= 0.6 is 0 Å². The van der Waals surface area contributed by atoms with Gasteiger partial charge in [0, 0.05) is 0 Å². The van der Waals surface area contributed by atoms with Gasteiger partial charge in [-0.25, -0.2) is 9.90 Å². The summed E-state index contributed by atoms with van der Waals surface area (Å²) in [4.78, 5) is 10.3. The van der Waals surface area contributed by atoms with Gasteiger partial charge >= 0.3 is 5.97 Å². The van der Waals surface area contributed by atoms with Crippen molar-refractivity contribution in [2.24, 2.45) is 5.41 Å². The molecule has 0 fully saturated rings. The Morgan fingerprint density at radius 1 is 1.36 bits per heavy atom. The second kappa shape index (κ2) is 4.37. The molecular formula is C9H17O2. The van der Waals surface area contributed by atoms with E-state index in [9.17, 15) is 9.90 Å². The molecule has 0 N–H and O–H groups in total. The molecule has 0 aromatic heterocycles. The molecule has 65 valence electrons. The lowest BCUT2D eigenvalue weighted by Gasteiger charge is -2.20. The highest BCUT2D eigenvalue weighted by Gasteiger charge is 2.21. The Morgan fingerprint density at radius 3 is 2.27 bits per heavy atom. The Balaban J connectivity index is 3.70. The van der Waals surface area contributed by atoms with Crippen molar-refractivity contribution >= 4 is 5.97 Å². The van der Waals surface area contributed by atoms with Gasteiger partial charge < -0.3 is 0 Å². The normalized spacial score (nSPS) is 11.5. The molecule has 0 aliphatic rings. The van der Waals surface area contributed by atoms with Crippen LogP contribution in [0, 0.1) is 5.41 Å². The SMILES string of the molecule is CCCCC(C)(C)CC([O])=O. The van der Waals surface area contributed by atoms with Crippen LogP contribution in [0.15, 0.2) is 0 Å². The second-order valence-corrected chi connectivity index (χ2v) is 3.82. The van der Waals surface area contributed by atoms with Gasteiger partial charge in [-0.1, -0.05) is 33.6 Å². The third kappa shape index (κ3) is 5.89. The van der Waals surface area contributed by atoms with E-state index in [-0.39, 0.29) is 11.8 Å². The minimum Gasteiger partial charge on any atom is -0.247 e. The van der Waals surface area contributed by atoms with Gasteiger partial charge in [0.25, 0.3) is 0 Å². The Hall–Kier alpha value is -0.530. The molecule has 0 rings (SSSR count). The van der Waals surface area contributed by atoms with Gasteiger partial charge in [0.2, 0.25) is 0 Å². The molecule has 0 amide bonds. The van der Waals surface area contributed by atoms with Crippen LogP contribution in [0.4, 0.5) is 0 Å². The monoisotopic (exact) mass is 157 g/mol. The Labute approximate surface area is 68.6 Å². The molecular weight excluding hydrogens is 140 g/mol. The van der Waals surface area contributed by atoms with E-state index in [1.807, 2.05) is 13.8 Å². The van der Waals surface area contributed by atoms with Crippen molar-refractivity contribution < 1.29 is 9.90 Å². The van der Waals surface area contributed by atoms with E-state index in [4.69, 9.17) is 0 Å². The average molecular weight is 157 g/mol. The fourth-order valence-electron chi connectivity index (χ4n) is 1.13. The number of hydrogen-bond donors (Lipinski definition) is 0. The average Bonchev–Trinajstić information content (AvgIpc) is 1.81. The van der Waals surface area contributed by atoms with Crippen molar-refractivity contribution in [1.29, 1.82) is 0 Å². The first-order valence-electron chi connectivity index (χ1n) is 4.18. The zero-order valence-corrected chi connectivity index (χ0v) is 7.64. The maximum atomic E-state index is 10.3. The van der Waals surface area contributed by atoms with E-state index in [1.165, 1.54) is 0 Å². The fourth-order valence-corrected chi connectivity index (χ4v) is 1.13. The van der Waals surface area contributed by atoms with Crippen molar-refractivity contribution in [2.75, 3.05) is 0 Å². The van der Waals surface area contributed by atoms with Gasteiger partial charge in [0.15, 0.2) is 0 Å². The summed E-state index contributed by atoms with van der Waals surface area (Å²) >= 11 is 0. The zero-order valence-electron chi connectivity index (χ0n) is 7.64. The largest absolute Gasteiger partial charge is 0.356 e. The van der Waals surface area contributed by atoms with Gasteiger partial charge in [0.05, 0.1) is 6.42 Å². The minimum atomic E-state index is -0.939. The molecule has 0 unspecified atom stereocenters. The standard InChI is InChI=1S/C9H17O2/c1-4-5-6-9(2,3)7-8(10)11/h4-7H2,1-3H3. The number of carbonyl (C=O) groups excluding carboxylic acids is 1.